The number of rotatable bonds is 6. The number of likely N-dealkylation sites (tertiary alicyclic amines) is 1. The van der Waals surface area contributed by atoms with Crippen LogP contribution >= 0.6 is 0 Å². The molecule has 0 aliphatic carbocycles. The minimum atomic E-state index is -0.263. The Labute approximate surface area is 198 Å². The zero-order valence-corrected chi connectivity index (χ0v) is 18.9. The number of amides is 1. The number of hydrogen-bond acceptors (Lipinski definition) is 4. The van der Waals surface area contributed by atoms with Crippen molar-refractivity contribution in [2.24, 2.45) is 0 Å². The molecule has 2 aromatic heterocycles. The van der Waals surface area contributed by atoms with E-state index in [1.807, 2.05) is 35.2 Å². The number of piperidine rings is 1. The van der Waals surface area contributed by atoms with Crippen LogP contribution in [0.1, 0.15) is 64.1 Å². The first-order valence-electron chi connectivity index (χ1n) is 11.6. The summed E-state index contributed by atoms with van der Waals surface area (Å²) in [4.78, 5) is 24.2. The third-order valence-electron chi connectivity index (χ3n) is 6.21. The van der Waals surface area contributed by atoms with E-state index in [9.17, 15) is 9.18 Å². The maximum Gasteiger partial charge on any atom is 0.256 e. The van der Waals surface area contributed by atoms with E-state index in [2.05, 4.69) is 22.1 Å². The van der Waals surface area contributed by atoms with Crippen molar-refractivity contribution in [3.8, 4) is 0 Å². The number of hydrogen-bond donors (Lipinski definition) is 0. The molecule has 1 aliphatic rings. The van der Waals surface area contributed by atoms with Crippen LogP contribution in [0.15, 0.2) is 83.5 Å². The molecule has 0 unspecified atom stereocenters. The number of pyridine rings is 1. The lowest BCUT2D eigenvalue weighted by Crippen LogP contribution is -2.38. The van der Waals surface area contributed by atoms with E-state index in [0.717, 1.165) is 36.9 Å². The molecule has 1 fully saturated rings. The summed E-state index contributed by atoms with van der Waals surface area (Å²) in [6.45, 7) is 0.658. The summed E-state index contributed by atoms with van der Waals surface area (Å²) in [7, 11) is 0. The maximum absolute atomic E-state index is 13.4. The maximum atomic E-state index is 13.4. The second-order valence-corrected chi connectivity index (χ2v) is 8.68. The minimum absolute atomic E-state index is 0.0539. The average molecular weight is 456 g/mol. The first-order chi connectivity index (χ1) is 16.7. The van der Waals surface area contributed by atoms with Crippen LogP contribution in [-0.2, 0) is 12.8 Å². The summed E-state index contributed by atoms with van der Waals surface area (Å²) in [5.74, 6) is 0.938. The van der Waals surface area contributed by atoms with Crippen LogP contribution in [0.25, 0.3) is 0 Å². The molecule has 0 N–H and O–H groups in total. The second kappa shape index (κ2) is 10.00. The Kier molecular flexibility index (Phi) is 6.47. The summed E-state index contributed by atoms with van der Waals surface area (Å²) in [6.07, 6.45) is 7.40. The van der Waals surface area contributed by atoms with Crippen LogP contribution in [-0.4, -0.2) is 27.3 Å². The molecule has 0 spiro atoms. The molecule has 0 bridgehead atoms. The molecule has 0 saturated carbocycles. The summed E-state index contributed by atoms with van der Waals surface area (Å²) < 4.78 is 19.2. The number of carbonyl (C=O) groups is 1. The van der Waals surface area contributed by atoms with E-state index in [-0.39, 0.29) is 17.8 Å². The summed E-state index contributed by atoms with van der Waals surface area (Å²) in [5, 5.41) is 0. The normalized spacial score (nSPS) is 15.9. The van der Waals surface area contributed by atoms with Gasteiger partial charge >= 0.3 is 0 Å². The fourth-order valence-electron chi connectivity index (χ4n) is 4.42. The number of aromatic nitrogens is 2. The molecule has 4 aromatic rings. The third kappa shape index (κ3) is 5.06. The van der Waals surface area contributed by atoms with Gasteiger partial charge < -0.3 is 9.32 Å². The first kappa shape index (κ1) is 22.0. The van der Waals surface area contributed by atoms with Crippen molar-refractivity contribution in [1.82, 2.24) is 14.9 Å². The van der Waals surface area contributed by atoms with Gasteiger partial charge in [-0.1, -0.05) is 42.5 Å². The molecule has 1 amide bonds. The summed E-state index contributed by atoms with van der Waals surface area (Å²) in [6, 6.07) is 20.1. The highest BCUT2D eigenvalue weighted by molar-refractivity contribution is 5.94. The minimum Gasteiger partial charge on any atom is -0.443 e. The highest BCUT2D eigenvalue weighted by Gasteiger charge is 2.32. The highest BCUT2D eigenvalue weighted by Crippen LogP contribution is 2.32. The summed E-state index contributed by atoms with van der Waals surface area (Å²) >= 11 is 0. The Morgan fingerprint density at radius 3 is 2.47 bits per heavy atom. The van der Waals surface area contributed by atoms with Crippen molar-refractivity contribution >= 4 is 5.91 Å². The smallest absolute Gasteiger partial charge is 0.256 e. The highest BCUT2D eigenvalue weighted by atomic mass is 19.1. The third-order valence-corrected chi connectivity index (χ3v) is 6.21. The largest absolute Gasteiger partial charge is 0.443 e. The van der Waals surface area contributed by atoms with Gasteiger partial charge in [0.15, 0.2) is 0 Å². The van der Waals surface area contributed by atoms with Gasteiger partial charge in [0.25, 0.3) is 5.91 Å². The van der Waals surface area contributed by atoms with Gasteiger partial charge in [-0.05, 0) is 54.7 Å². The predicted octanol–water partition coefficient (Wildman–Crippen LogP) is 5.76. The van der Waals surface area contributed by atoms with E-state index in [1.54, 1.807) is 24.5 Å². The number of benzene rings is 2. The fourth-order valence-corrected chi connectivity index (χ4v) is 4.42. The fraction of sp³-hybridized carbons (Fsp3) is 0.250. The van der Waals surface area contributed by atoms with E-state index in [4.69, 9.17) is 4.42 Å². The molecule has 1 saturated heterocycles. The number of oxazole rings is 1. The molecule has 3 heterocycles. The van der Waals surface area contributed by atoms with Crippen molar-refractivity contribution < 1.29 is 13.6 Å². The van der Waals surface area contributed by atoms with Crippen molar-refractivity contribution in [3.05, 3.63) is 119 Å². The Hall–Kier alpha value is -3.80. The van der Waals surface area contributed by atoms with Crippen LogP contribution in [0.2, 0.25) is 0 Å². The quantitative estimate of drug-likeness (QED) is 0.371. The van der Waals surface area contributed by atoms with Crippen LogP contribution in [0, 0.1) is 5.82 Å². The van der Waals surface area contributed by atoms with Crippen LogP contribution in [0.5, 0.6) is 0 Å². The Morgan fingerprint density at radius 1 is 0.912 bits per heavy atom. The zero-order valence-electron chi connectivity index (χ0n) is 18.9. The monoisotopic (exact) mass is 455 g/mol. The zero-order chi connectivity index (χ0) is 23.3. The summed E-state index contributed by atoms with van der Waals surface area (Å²) in [5.41, 5.74) is 3.63. The van der Waals surface area contributed by atoms with Gasteiger partial charge in [-0.15, -0.1) is 0 Å². The first-order valence-corrected chi connectivity index (χ1v) is 11.6. The molecule has 1 atom stereocenters. The second-order valence-electron chi connectivity index (χ2n) is 8.68. The van der Waals surface area contributed by atoms with Gasteiger partial charge in [-0.3, -0.25) is 9.78 Å². The van der Waals surface area contributed by atoms with Crippen molar-refractivity contribution in [2.75, 3.05) is 6.54 Å². The lowest BCUT2D eigenvalue weighted by atomic mass is 10.0. The molecular formula is C28H26FN3O2. The van der Waals surface area contributed by atoms with Gasteiger partial charge in [-0.2, -0.15) is 0 Å². The van der Waals surface area contributed by atoms with Gasteiger partial charge in [0.1, 0.15) is 17.6 Å². The molecule has 5 nitrogen and oxygen atoms in total. The molecular weight excluding hydrogens is 429 g/mol. The predicted molar refractivity (Wildman–Crippen MR) is 127 cm³/mol. The van der Waals surface area contributed by atoms with Crippen LogP contribution < -0.4 is 0 Å². The molecule has 5 rings (SSSR count). The molecule has 0 radical (unpaired) electrons. The van der Waals surface area contributed by atoms with Gasteiger partial charge in [-0.25, -0.2) is 9.37 Å². The molecule has 2 aromatic carbocycles. The van der Waals surface area contributed by atoms with E-state index in [0.29, 0.717) is 30.2 Å². The van der Waals surface area contributed by atoms with Crippen LogP contribution in [0.4, 0.5) is 4.39 Å². The van der Waals surface area contributed by atoms with Gasteiger partial charge in [0.05, 0.1) is 11.8 Å². The van der Waals surface area contributed by atoms with E-state index >= 15 is 0 Å². The molecule has 1 aliphatic heterocycles. The lowest BCUT2D eigenvalue weighted by Gasteiger charge is -2.33. The topological polar surface area (TPSA) is 59.2 Å². The van der Waals surface area contributed by atoms with Crippen molar-refractivity contribution in [1.29, 1.82) is 0 Å². The van der Waals surface area contributed by atoms with Crippen LogP contribution in [0.3, 0.4) is 0 Å². The average Bonchev–Trinajstić information content (AvgIpc) is 3.34. The van der Waals surface area contributed by atoms with Gasteiger partial charge in [0.2, 0.25) is 5.89 Å². The van der Waals surface area contributed by atoms with Gasteiger partial charge in [0, 0.05) is 31.3 Å². The number of nitrogens with zero attached hydrogens (tertiary/aromatic N) is 3. The molecule has 6 heteroatoms. The Morgan fingerprint density at radius 2 is 1.71 bits per heavy atom. The Balaban J connectivity index is 1.29. The van der Waals surface area contributed by atoms with Crippen molar-refractivity contribution in [2.45, 2.75) is 38.1 Å². The van der Waals surface area contributed by atoms with E-state index < -0.39 is 0 Å². The van der Waals surface area contributed by atoms with Crippen molar-refractivity contribution in [3.63, 3.8) is 0 Å². The number of carbonyl (C=O) groups excluding carboxylic acids is 1. The lowest BCUT2D eigenvalue weighted by molar-refractivity contribution is 0.0569. The standard InChI is InChI=1S/C28H26FN3O2/c29-23-12-9-21(10-13-23)17-25-19-31-27(34-25)26-8-4-5-15-32(26)28(33)22-11-14-24(30-18-22)16-20-6-2-1-3-7-20/h1-3,6-7,9-14,18-19,26H,4-5,8,15-17H2/t26-/m0/s1. The Bertz CT molecular complexity index is 1240. The molecule has 34 heavy (non-hydrogen) atoms. The van der Waals surface area contributed by atoms with E-state index in [1.165, 1.54) is 17.7 Å². The number of halogens is 1. The molecule has 172 valence electrons. The SMILES string of the molecule is O=C(c1ccc(Cc2ccccc2)nc1)N1CCCC[C@H]1c1ncc(Cc2ccc(F)cc2)o1.